The number of benzene rings is 1. The Labute approximate surface area is 140 Å². The molecular formula is C16H17N3O4S. The number of amides is 1. The molecule has 0 spiro atoms. The summed E-state index contributed by atoms with van der Waals surface area (Å²) in [5.74, 6) is -0.702. The van der Waals surface area contributed by atoms with E-state index in [4.69, 9.17) is 0 Å². The molecular weight excluding hydrogens is 330 g/mol. The number of hydrogen-bond acceptors (Lipinski definition) is 5. The standard InChI is InChI=1S/C16H17N3O4S/c1-12(20)13-5-3-7-15(9-13)19(24(2,22)23)11-16(21)18-14-6-4-8-17-10-14/h3-10H,11H2,1-2H3,(H,18,21). The molecule has 24 heavy (non-hydrogen) atoms. The quantitative estimate of drug-likeness (QED) is 0.802. The number of rotatable bonds is 6. The molecule has 0 aliphatic carbocycles. The predicted molar refractivity (Wildman–Crippen MR) is 91.5 cm³/mol. The van der Waals surface area contributed by atoms with Gasteiger partial charge in [0.15, 0.2) is 5.78 Å². The van der Waals surface area contributed by atoms with E-state index < -0.39 is 22.5 Å². The summed E-state index contributed by atoms with van der Waals surface area (Å²) in [6.07, 6.45) is 4.02. The fourth-order valence-corrected chi connectivity index (χ4v) is 2.90. The first-order valence-corrected chi connectivity index (χ1v) is 8.91. The smallest absolute Gasteiger partial charge is 0.245 e. The first kappa shape index (κ1) is 17.6. The molecule has 126 valence electrons. The van der Waals surface area contributed by atoms with Crippen molar-refractivity contribution in [1.82, 2.24) is 4.98 Å². The van der Waals surface area contributed by atoms with Crippen molar-refractivity contribution in [1.29, 1.82) is 0 Å². The summed E-state index contributed by atoms with van der Waals surface area (Å²) in [7, 11) is -3.70. The van der Waals surface area contributed by atoms with Crippen molar-refractivity contribution in [3.8, 4) is 0 Å². The molecule has 0 bridgehead atoms. The summed E-state index contributed by atoms with van der Waals surface area (Å²) in [5, 5.41) is 2.58. The van der Waals surface area contributed by atoms with Crippen molar-refractivity contribution in [2.75, 3.05) is 22.4 Å². The fourth-order valence-electron chi connectivity index (χ4n) is 2.05. The zero-order chi connectivity index (χ0) is 17.7. The van der Waals surface area contributed by atoms with Gasteiger partial charge in [0, 0.05) is 11.8 Å². The lowest BCUT2D eigenvalue weighted by Crippen LogP contribution is -2.37. The number of hydrogen-bond donors (Lipinski definition) is 1. The number of carbonyl (C=O) groups excluding carboxylic acids is 2. The van der Waals surface area contributed by atoms with Gasteiger partial charge in [-0.1, -0.05) is 12.1 Å². The lowest BCUT2D eigenvalue weighted by atomic mass is 10.1. The molecule has 0 atom stereocenters. The highest BCUT2D eigenvalue weighted by molar-refractivity contribution is 7.92. The van der Waals surface area contributed by atoms with E-state index in [-0.39, 0.29) is 11.5 Å². The lowest BCUT2D eigenvalue weighted by Gasteiger charge is -2.22. The van der Waals surface area contributed by atoms with Crippen LogP contribution in [0.5, 0.6) is 0 Å². The zero-order valence-corrected chi connectivity index (χ0v) is 14.1. The van der Waals surface area contributed by atoms with E-state index in [1.807, 2.05) is 0 Å². The minimum atomic E-state index is -3.70. The number of anilines is 2. The van der Waals surface area contributed by atoms with E-state index in [9.17, 15) is 18.0 Å². The SMILES string of the molecule is CC(=O)c1cccc(N(CC(=O)Nc2cccnc2)S(C)(=O)=O)c1. The van der Waals surface area contributed by atoms with Crippen LogP contribution in [-0.2, 0) is 14.8 Å². The van der Waals surface area contributed by atoms with Crippen molar-refractivity contribution in [3.05, 3.63) is 54.4 Å². The van der Waals surface area contributed by atoms with Gasteiger partial charge >= 0.3 is 0 Å². The average Bonchev–Trinajstić information content (AvgIpc) is 2.52. The number of sulfonamides is 1. The van der Waals surface area contributed by atoms with Crippen molar-refractivity contribution in [3.63, 3.8) is 0 Å². The normalized spacial score (nSPS) is 10.9. The van der Waals surface area contributed by atoms with Crippen LogP contribution in [0, 0.1) is 0 Å². The summed E-state index contributed by atoms with van der Waals surface area (Å²) >= 11 is 0. The van der Waals surface area contributed by atoms with E-state index in [0.717, 1.165) is 10.6 Å². The van der Waals surface area contributed by atoms with Gasteiger partial charge < -0.3 is 5.32 Å². The number of nitrogens with zero attached hydrogens (tertiary/aromatic N) is 2. The predicted octanol–water partition coefficient (Wildman–Crippen LogP) is 1.69. The van der Waals surface area contributed by atoms with E-state index in [2.05, 4.69) is 10.3 Å². The van der Waals surface area contributed by atoms with Crippen molar-refractivity contribution in [2.45, 2.75) is 6.92 Å². The molecule has 1 aromatic heterocycles. The summed E-state index contributed by atoms with van der Waals surface area (Å²) in [5.41, 5.74) is 1.09. The van der Waals surface area contributed by atoms with Crippen LogP contribution in [0.1, 0.15) is 17.3 Å². The van der Waals surface area contributed by atoms with Crippen LogP contribution in [-0.4, -0.2) is 37.9 Å². The Morgan fingerprint density at radius 3 is 2.54 bits per heavy atom. The number of pyridine rings is 1. The third kappa shape index (κ3) is 4.63. The summed E-state index contributed by atoms with van der Waals surface area (Å²) in [4.78, 5) is 27.5. The van der Waals surface area contributed by atoms with Crippen LogP contribution < -0.4 is 9.62 Å². The Morgan fingerprint density at radius 1 is 1.21 bits per heavy atom. The molecule has 0 radical (unpaired) electrons. The third-order valence-electron chi connectivity index (χ3n) is 3.17. The Bertz CT molecular complexity index is 851. The van der Waals surface area contributed by atoms with Crippen molar-refractivity contribution < 1.29 is 18.0 Å². The number of carbonyl (C=O) groups is 2. The maximum absolute atomic E-state index is 12.1. The molecule has 0 saturated carbocycles. The monoisotopic (exact) mass is 347 g/mol. The molecule has 2 rings (SSSR count). The maximum Gasteiger partial charge on any atom is 0.245 e. The van der Waals surface area contributed by atoms with Gasteiger partial charge in [0.25, 0.3) is 0 Å². The molecule has 0 saturated heterocycles. The third-order valence-corrected chi connectivity index (χ3v) is 4.31. The second-order valence-corrected chi connectivity index (χ2v) is 7.07. The molecule has 1 N–H and O–H groups in total. The van der Waals surface area contributed by atoms with Crippen LogP contribution in [0.15, 0.2) is 48.8 Å². The van der Waals surface area contributed by atoms with Gasteiger partial charge in [-0.2, -0.15) is 0 Å². The zero-order valence-electron chi connectivity index (χ0n) is 13.3. The van der Waals surface area contributed by atoms with Gasteiger partial charge in [0.05, 0.1) is 23.8 Å². The maximum atomic E-state index is 12.1. The van der Waals surface area contributed by atoms with Crippen LogP contribution in [0.4, 0.5) is 11.4 Å². The molecule has 0 aliphatic heterocycles. The molecule has 2 aromatic rings. The Hall–Kier alpha value is -2.74. The highest BCUT2D eigenvalue weighted by Gasteiger charge is 2.21. The minimum absolute atomic E-state index is 0.190. The second kappa shape index (κ2) is 7.22. The Balaban J connectivity index is 2.25. The molecule has 1 aromatic carbocycles. The van der Waals surface area contributed by atoms with E-state index in [0.29, 0.717) is 11.3 Å². The highest BCUT2D eigenvalue weighted by Crippen LogP contribution is 2.19. The van der Waals surface area contributed by atoms with Gasteiger partial charge in [-0.15, -0.1) is 0 Å². The van der Waals surface area contributed by atoms with Crippen LogP contribution >= 0.6 is 0 Å². The highest BCUT2D eigenvalue weighted by atomic mass is 32.2. The summed E-state index contributed by atoms with van der Waals surface area (Å²) < 4.78 is 25.0. The topological polar surface area (TPSA) is 96.4 Å². The van der Waals surface area contributed by atoms with Gasteiger partial charge in [0.1, 0.15) is 6.54 Å². The van der Waals surface area contributed by atoms with Gasteiger partial charge in [-0.25, -0.2) is 8.42 Å². The molecule has 1 heterocycles. The largest absolute Gasteiger partial charge is 0.323 e. The number of ketones is 1. The number of Topliss-reactive ketones (excluding diaryl/α,β-unsaturated/α-hetero) is 1. The van der Waals surface area contributed by atoms with Gasteiger partial charge in [-0.3, -0.25) is 18.9 Å². The molecule has 7 nitrogen and oxygen atoms in total. The molecule has 0 aliphatic rings. The lowest BCUT2D eigenvalue weighted by molar-refractivity contribution is -0.114. The number of nitrogens with one attached hydrogen (secondary N) is 1. The fraction of sp³-hybridized carbons (Fsp3) is 0.188. The van der Waals surface area contributed by atoms with E-state index in [1.165, 1.54) is 25.3 Å². The summed E-state index contributed by atoms with van der Waals surface area (Å²) in [6, 6.07) is 9.43. The van der Waals surface area contributed by atoms with Crippen LogP contribution in [0.3, 0.4) is 0 Å². The minimum Gasteiger partial charge on any atom is -0.323 e. The van der Waals surface area contributed by atoms with E-state index >= 15 is 0 Å². The molecule has 8 heteroatoms. The summed E-state index contributed by atoms with van der Waals surface area (Å²) in [6.45, 7) is 0.980. The number of aromatic nitrogens is 1. The van der Waals surface area contributed by atoms with Gasteiger partial charge in [-0.05, 0) is 31.2 Å². The van der Waals surface area contributed by atoms with Crippen molar-refractivity contribution >= 4 is 33.1 Å². The second-order valence-electron chi connectivity index (χ2n) is 5.17. The van der Waals surface area contributed by atoms with Gasteiger partial charge in [0.2, 0.25) is 15.9 Å². The van der Waals surface area contributed by atoms with Crippen LogP contribution in [0.2, 0.25) is 0 Å². The molecule has 0 unspecified atom stereocenters. The first-order valence-electron chi connectivity index (χ1n) is 7.06. The molecule has 0 fully saturated rings. The molecule has 1 amide bonds. The Morgan fingerprint density at radius 2 is 1.96 bits per heavy atom. The van der Waals surface area contributed by atoms with Crippen LogP contribution in [0.25, 0.3) is 0 Å². The average molecular weight is 347 g/mol. The van der Waals surface area contributed by atoms with Crippen molar-refractivity contribution in [2.24, 2.45) is 0 Å². The first-order chi connectivity index (χ1) is 11.3. The van der Waals surface area contributed by atoms with E-state index in [1.54, 1.807) is 30.5 Å². The Kier molecular flexibility index (Phi) is 5.30.